The van der Waals surface area contributed by atoms with Gasteiger partial charge in [0.2, 0.25) is 0 Å². The molecule has 6 rings (SSSR count). The van der Waals surface area contributed by atoms with Crippen LogP contribution in [-0.4, -0.2) is 59.8 Å². The number of carbonyl (C=O) groups is 2. The second-order valence-electron chi connectivity index (χ2n) is 11.2. The standard InChI is InChI=1S/C25H33N5O2/c1-29(2)8-4-7-26-22(31)19-13-30-20(5-3-6-21(30)28-19)23(32)27-15-24-10-16-9-18(16)25(14-24)12-17(25)11-24/h3,5-6,13,16-18H,4,7-12,14-15H2,1-2H3,(H,26,31)(H,27,32). The summed E-state index contributed by atoms with van der Waals surface area (Å²) in [7, 11) is 4.03. The van der Waals surface area contributed by atoms with Crippen LogP contribution in [0.5, 0.6) is 0 Å². The number of pyridine rings is 1. The predicted octanol–water partition coefficient (Wildman–Crippen LogP) is 2.57. The monoisotopic (exact) mass is 435 g/mol. The molecule has 0 saturated heterocycles. The maximum atomic E-state index is 13.1. The molecular weight excluding hydrogens is 402 g/mol. The third-order valence-electron chi connectivity index (χ3n) is 8.67. The maximum Gasteiger partial charge on any atom is 0.271 e. The summed E-state index contributed by atoms with van der Waals surface area (Å²) >= 11 is 0. The molecule has 2 heterocycles. The van der Waals surface area contributed by atoms with Crippen molar-refractivity contribution >= 4 is 17.5 Å². The summed E-state index contributed by atoms with van der Waals surface area (Å²) in [4.78, 5) is 32.2. The first kappa shape index (κ1) is 20.2. The van der Waals surface area contributed by atoms with E-state index in [1.54, 1.807) is 10.6 Å². The van der Waals surface area contributed by atoms with E-state index in [1.807, 2.05) is 32.3 Å². The maximum absolute atomic E-state index is 13.1. The molecule has 0 aliphatic heterocycles. The molecule has 7 heteroatoms. The zero-order valence-electron chi connectivity index (χ0n) is 19.1. The summed E-state index contributed by atoms with van der Waals surface area (Å²) in [6.45, 7) is 2.29. The number of hydrogen-bond acceptors (Lipinski definition) is 4. The lowest BCUT2D eigenvalue weighted by molar-refractivity contribution is 0.0888. The number of imidazole rings is 1. The van der Waals surface area contributed by atoms with Crippen LogP contribution in [0.25, 0.3) is 5.65 Å². The number of nitrogens with one attached hydrogen (secondary N) is 2. The minimum absolute atomic E-state index is 0.0761. The van der Waals surface area contributed by atoms with Crippen molar-refractivity contribution in [1.29, 1.82) is 0 Å². The van der Waals surface area contributed by atoms with Crippen LogP contribution in [-0.2, 0) is 0 Å². The second-order valence-corrected chi connectivity index (χ2v) is 11.2. The molecule has 7 nitrogen and oxygen atoms in total. The number of rotatable bonds is 8. The second kappa shape index (κ2) is 7.04. The summed E-state index contributed by atoms with van der Waals surface area (Å²) in [5, 5.41) is 6.18. The number of aromatic nitrogens is 2. The van der Waals surface area contributed by atoms with Crippen LogP contribution < -0.4 is 10.6 Å². The molecule has 4 aliphatic rings. The molecule has 4 fully saturated rings. The van der Waals surface area contributed by atoms with Crippen molar-refractivity contribution in [2.24, 2.45) is 28.6 Å². The number of hydrogen-bond donors (Lipinski definition) is 2. The van der Waals surface area contributed by atoms with E-state index in [9.17, 15) is 9.59 Å². The average Bonchev–Trinajstić information content (AvgIpc) is 3.59. The molecule has 170 valence electrons. The number of amides is 2. The van der Waals surface area contributed by atoms with E-state index in [4.69, 9.17) is 0 Å². The van der Waals surface area contributed by atoms with Crippen LogP contribution in [0.1, 0.15) is 59.5 Å². The van der Waals surface area contributed by atoms with Crippen molar-refractivity contribution in [3.63, 3.8) is 0 Å². The van der Waals surface area contributed by atoms with E-state index in [-0.39, 0.29) is 11.8 Å². The Labute approximate surface area is 188 Å². The van der Waals surface area contributed by atoms with Crippen LogP contribution in [0.4, 0.5) is 0 Å². The van der Waals surface area contributed by atoms with Gasteiger partial charge in [0.1, 0.15) is 17.0 Å². The Morgan fingerprint density at radius 3 is 2.91 bits per heavy atom. The Kier molecular flexibility index (Phi) is 4.45. The van der Waals surface area contributed by atoms with Gasteiger partial charge in [-0.2, -0.15) is 0 Å². The van der Waals surface area contributed by atoms with Crippen molar-refractivity contribution in [3.05, 3.63) is 35.8 Å². The smallest absolute Gasteiger partial charge is 0.271 e. The van der Waals surface area contributed by atoms with Crippen molar-refractivity contribution in [1.82, 2.24) is 24.9 Å². The van der Waals surface area contributed by atoms with Gasteiger partial charge in [-0.15, -0.1) is 0 Å². The largest absolute Gasteiger partial charge is 0.351 e. The third kappa shape index (κ3) is 3.24. The normalized spacial score (nSPS) is 33.7. The SMILES string of the molecule is CN(C)CCCNC(=O)c1cn2c(C(=O)NCC34CC5CC5C5(CC5C3)C4)cccc2n1. The summed E-state index contributed by atoms with van der Waals surface area (Å²) in [6, 6.07) is 5.48. The van der Waals surface area contributed by atoms with Gasteiger partial charge in [0.05, 0.1) is 0 Å². The Morgan fingerprint density at radius 2 is 2.06 bits per heavy atom. The Balaban J connectivity index is 1.12. The van der Waals surface area contributed by atoms with Crippen molar-refractivity contribution in [3.8, 4) is 0 Å². The highest BCUT2D eigenvalue weighted by atomic mass is 16.2. The van der Waals surface area contributed by atoms with Crippen LogP contribution in [0.15, 0.2) is 24.4 Å². The first-order valence-electron chi connectivity index (χ1n) is 12.1. The van der Waals surface area contributed by atoms with E-state index in [0.29, 0.717) is 34.4 Å². The molecule has 5 unspecified atom stereocenters. The van der Waals surface area contributed by atoms with Crippen LogP contribution in [0, 0.1) is 28.6 Å². The van der Waals surface area contributed by atoms with Crippen LogP contribution in [0.2, 0.25) is 0 Å². The Morgan fingerprint density at radius 1 is 1.19 bits per heavy atom. The average molecular weight is 436 g/mol. The summed E-state index contributed by atoms with van der Waals surface area (Å²) < 4.78 is 1.74. The van der Waals surface area contributed by atoms with Crippen LogP contribution in [0.3, 0.4) is 0 Å². The summed E-state index contributed by atoms with van der Waals surface area (Å²) in [5.41, 5.74) is 2.48. The molecular formula is C25H33N5O2. The fraction of sp³-hybridized carbons (Fsp3) is 0.640. The van der Waals surface area contributed by atoms with Gasteiger partial charge in [0.25, 0.3) is 11.8 Å². The molecule has 1 spiro atoms. The summed E-state index contributed by atoms with van der Waals surface area (Å²) in [5.74, 6) is 2.57. The fourth-order valence-electron chi connectivity index (χ4n) is 7.22. The first-order valence-corrected chi connectivity index (χ1v) is 12.1. The lowest BCUT2D eigenvalue weighted by Gasteiger charge is -2.36. The minimum atomic E-state index is -0.200. The Bertz CT molecular complexity index is 1090. The number of nitrogens with zero attached hydrogens (tertiary/aromatic N) is 3. The van der Waals surface area contributed by atoms with Gasteiger partial charge in [0.15, 0.2) is 0 Å². The first-order chi connectivity index (χ1) is 15.4. The lowest BCUT2D eigenvalue weighted by Crippen LogP contribution is -2.40. The molecule has 4 aliphatic carbocycles. The lowest BCUT2D eigenvalue weighted by atomic mass is 9.71. The molecule has 4 saturated carbocycles. The number of fused-ring (bicyclic) bond motifs is 3. The zero-order valence-corrected chi connectivity index (χ0v) is 19.1. The fourth-order valence-corrected chi connectivity index (χ4v) is 7.22. The molecule has 0 aromatic carbocycles. The van der Waals surface area contributed by atoms with Gasteiger partial charge in [0, 0.05) is 19.3 Å². The highest BCUT2D eigenvalue weighted by Crippen LogP contribution is 2.83. The molecule has 32 heavy (non-hydrogen) atoms. The van der Waals surface area contributed by atoms with Gasteiger partial charge < -0.3 is 15.5 Å². The molecule has 2 amide bonds. The van der Waals surface area contributed by atoms with Gasteiger partial charge in [-0.05, 0) is 99.9 Å². The molecule has 2 N–H and O–H groups in total. The highest BCUT2D eigenvalue weighted by molar-refractivity contribution is 5.95. The third-order valence-corrected chi connectivity index (χ3v) is 8.67. The van der Waals surface area contributed by atoms with E-state index >= 15 is 0 Å². The number of carbonyl (C=O) groups excluding carboxylic acids is 2. The molecule has 2 aromatic rings. The molecule has 0 radical (unpaired) electrons. The van der Waals surface area contributed by atoms with E-state index in [0.717, 1.165) is 37.3 Å². The molecule has 2 aromatic heterocycles. The van der Waals surface area contributed by atoms with E-state index in [1.165, 1.54) is 32.1 Å². The van der Waals surface area contributed by atoms with Crippen molar-refractivity contribution in [2.75, 3.05) is 33.7 Å². The summed E-state index contributed by atoms with van der Waals surface area (Å²) in [6.07, 6.45) is 9.35. The van der Waals surface area contributed by atoms with Gasteiger partial charge in [-0.25, -0.2) is 4.98 Å². The topological polar surface area (TPSA) is 78.7 Å². The van der Waals surface area contributed by atoms with Gasteiger partial charge in [-0.3, -0.25) is 14.0 Å². The Hall–Kier alpha value is -2.41. The minimum Gasteiger partial charge on any atom is -0.351 e. The quantitative estimate of drug-likeness (QED) is 0.625. The van der Waals surface area contributed by atoms with Gasteiger partial charge in [-0.1, -0.05) is 6.07 Å². The predicted molar refractivity (Wildman–Crippen MR) is 121 cm³/mol. The van der Waals surface area contributed by atoms with Crippen molar-refractivity contribution < 1.29 is 9.59 Å². The van der Waals surface area contributed by atoms with E-state index in [2.05, 4.69) is 20.5 Å². The molecule has 5 atom stereocenters. The highest BCUT2D eigenvalue weighted by Gasteiger charge is 2.76. The zero-order chi connectivity index (χ0) is 22.1. The van der Waals surface area contributed by atoms with Crippen LogP contribution >= 0.6 is 0 Å². The van der Waals surface area contributed by atoms with E-state index < -0.39 is 0 Å². The van der Waals surface area contributed by atoms with Crippen molar-refractivity contribution in [2.45, 2.75) is 38.5 Å². The van der Waals surface area contributed by atoms with Gasteiger partial charge >= 0.3 is 0 Å². The molecule has 2 bridgehead atoms.